The van der Waals surface area contributed by atoms with Crippen molar-refractivity contribution in [3.05, 3.63) is 32.0 Å². The zero-order valence-corrected chi connectivity index (χ0v) is 22.6. The number of hydrogen-bond donors (Lipinski definition) is 0. The molecule has 0 unspecified atom stereocenters. The van der Waals surface area contributed by atoms with Crippen LogP contribution in [0.2, 0.25) is 0 Å². The summed E-state index contributed by atoms with van der Waals surface area (Å²) in [5.41, 5.74) is 3.60. The lowest BCUT2D eigenvalue weighted by molar-refractivity contribution is -0.0230. The number of rotatable bonds is 8. The Morgan fingerprint density at radius 2 is 2.06 bits per heavy atom. The number of nitrogens with zero attached hydrogens (tertiary/aromatic N) is 3. The maximum absolute atomic E-state index is 13.1. The molecule has 3 heterocycles. The van der Waals surface area contributed by atoms with Crippen molar-refractivity contribution in [1.29, 1.82) is 0 Å². The van der Waals surface area contributed by atoms with Crippen molar-refractivity contribution in [1.82, 2.24) is 9.88 Å². The fourth-order valence-corrected chi connectivity index (χ4v) is 7.55. The third kappa shape index (κ3) is 6.58. The zero-order chi connectivity index (χ0) is 25.1. The van der Waals surface area contributed by atoms with Crippen LogP contribution in [0.3, 0.4) is 0 Å². The molecule has 0 radical (unpaired) electrons. The Bertz CT molecular complexity index is 1080. The van der Waals surface area contributed by atoms with Gasteiger partial charge in [-0.1, -0.05) is 11.3 Å². The second-order valence-corrected chi connectivity index (χ2v) is 12.6. The number of thiazole rings is 1. The lowest BCUT2D eigenvalue weighted by Gasteiger charge is -2.30. The number of hydrogen-bond acceptors (Lipinski definition) is 6. The van der Waals surface area contributed by atoms with Crippen LogP contribution in [-0.2, 0) is 25.8 Å². The molecular weight excluding hydrogens is 500 g/mol. The highest BCUT2D eigenvalue weighted by Crippen LogP contribution is 2.34. The molecule has 1 aliphatic heterocycles. The normalized spacial score (nSPS) is 23.0. The minimum atomic E-state index is -2.85. The maximum Gasteiger partial charge on any atom is 0.286 e. The second-order valence-electron chi connectivity index (χ2n) is 10.7. The van der Waals surface area contributed by atoms with Crippen molar-refractivity contribution in [3.63, 3.8) is 0 Å². The first-order valence-corrected chi connectivity index (χ1v) is 14.9. The Kier molecular flexibility index (Phi) is 8.17. The topological polar surface area (TPSA) is 54.8 Å². The minimum absolute atomic E-state index is 0.0475. The zero-order valence-electron chi connectivity index (χ0n) is 20.9. The summed E-state index contributed by atoms with van der Waals surface area (Å²) in [6.45, 7) is 3.02. The van der Waals surface area contributed by atoms with E-state index in [0.717, 1.165) is 80.5 Å². The molecule has 2 aromatic rings. The summed E-state index contributed by atoms with van der Waals surface area (Å²) >= 11 is 2.98. The van der Waals surface area contributed by atoms with Gasteiger partial charge in [0.25, 0.3) is 17.0 Å². The number of ether oxygens (including phenoxy) is 1. The Morgan fingerprint density at radius 3 is 2.86 bits per heavy atom. The molecular formula is C27H35F2N3O2S2. The number of amides is 1. The number of carbonyl (C=O) groups excluding carboxylic acids is 1. The quantitative estimate of drug-likeness (QED) is 0.358. The van der Waals surface area contributed by atoms with Gasteiger partial charge >= 0.3 is 0 Å². The van der Waals surface area contributed by atoms with E-state index in [1.807, 2.05) is 6.21 Å². The number of alkyl halides is 2. The number of aromatic nitrogens is 1. The summed E-state index contributed by atoms with van der Waals surface area (Å²) < 4.78 is 31.3. The Hall–Kier alpha value is -1.71. The maximum atomic E-state index is 13.1. The molecule has 1 saturated carbocycles. The van der Waals surface area contributed by atoms with Gasteiger partial charge in [0.15, 0.2) is 6.61 Å². The fraction of sp³-hybridized carbons (Fsp3) is 0.667. The monoisotopic (exact) mass is 535 g/mol. The van der Waals surface area contributed by atoms with E-state index in [0.29, 0.717) is 17.0 Å². The number of aliphatic imine (C=N–C) groups is 1. The average molecular weight is 536 g/mol. The molecule has 0 atom stereocenters. The molecule has 5 rings (SSSR count). The van der Waals surface area contributed by atoms with Crippen LogP contribution in [0.5, 0.6) is 5.19 Å². The number of thiophene rings is 1. The first-order chi connectivity index (χ1) is 17.3. The van der Waals surface area contributed by atoms with Gasteiger partial charge < -0.3 is 4.74 Å². The molecule has 3 aliphatic rings. The summed E-state index contributed by atoms with van der Waals surface area (Å²) in [5, 5.41) is 2.52. The molecule has 5 nitrogen and oxygen atoms in total. The summed E-state index contributed by atoms with van der Waals surface area (Å²) in [5.74, 6) is -1.78. The molecule has 1 fully saturated rings. The van der Waals surface area contributed by atoms with Gasteiger partial charge in [0.2, 0.25) is 0 Å². The van der Waals surface area contributed by atoms with Crippen LogP contribution in [0, 0.1) is 11.8 Å². The Balaban J connectivity index is 1.04. The van der Waals surface area contributed by atoms with Crippen LogP contribution >= 0.6 is 22.7 Å². The lowest BCUT2D eigenvalue weighted by atomic mass is 9.81. The van der Waals surface area contributed by atoms with Gasteiger partial charge in [-0.05, 0) is 99.1 Å². The van der Waals surface area contributed by atoms with E-state index in [9.17, 15) is 13.6 Å². The average Bonchev–Trinajstić information content (AvgIpc) is 3.49. The number of fused-ring (bicyclic) bond motifs is 2. The van der Waals surface area contributed by atoms with E-state index >= 15 is 0 Å². The predicted molar refractivity (Wildman–Crippen MR) is 141 cm³/mol. The molecule has 9 heteroatoms. The predicted octanol–water partition coefficient (Wildman–Crippen LogP) is 6.58. The van der Waals surface area contributed by atoms with Crippen LogP contribution in [0.25, 0.3) is 0 Å². The molecule has 36 heavy (non-hydrogen) atoms. The molecule has 0 N–H and O–H groups in total. The van der Waals surface area contributed by atoms with Crippen LogP contribution in [0.15, 0.2) is 10.4 Å². The van der Waals surface area contributed by atoms with E-state index in [1.165, 1.54) is 48.1 Å². The van der Waals surface area contributed by atoms with E-state index in [-0.39, 0.29) is 5.91 Å². The van der Waals surface area contributed by atoms with Crippen molar-refractivity contribution >= 4 is 34.8 Å². The van der Waals surface area contributed by atoms with Crippen LogP contribution < -0.4 is 4.74 Å². The molecule has 1 amide bonds. The summed E-state index contributed by atoms with van der Waals surface area (Å²) in [7, 11) is 0. The van der Waals surface area contributed by atoms with Crippen molar-refractivity contribution in [2.24, 2.45) is 16.8 Å². The second kappa shape index (κ2) is 11.4. The van der Waals surface area contributed by atoms with Gasteiger partial charge in [-0.15, -0.1) is 11.3 Å². The summed E-state index contributed by atoms with van der Waals surface area (Å²) in [4.78, 5) is 26.0. The smallest absolute Gasteiger partial charge is 0.286 e. The van der Waals surface area contributed by atoms with Gasteiger partial charge in [-0.2, -0.15) is 0 Å². The Labute approximate surface area is 220 Å². The molecule has 0 bridgehead atoms. The lowest BCUT2D eigenvalue weighted by Crippen LogP contribution is -2.32. The highest BCUT2D eigenvalue weighted by atomic mass is 32.1. The molecule has 0 aromatic carbocycles. The van der Waals surface area contributed by atoms with E-state index in [4.69, 9.17) is 4.74 Å². The Morgan fingerprint density at radius 1 is 1.25 bits per heavy atom. The molecule has 2 aliphatic carbocycles. The van der Waals surface area contributed by atoms with Crippen LogP contribution in [0.4, 0.5) is 8.78 Å². The van der Waals surface area contributed by atoms with Crippen molar-refractivity contribution in [2.75, 3.05) is 19.7 Å². The highest BCUT2D eigenvalue weighted by molar-refractivity contribution is 7.13. The molecule has 0 spiro atoms. The van der Waals surface area contributed by atoms with E-state index in [1.54, 1.807) is 11.3 Å². The standard InChI is InChI=1S/C27H35F2N3O2S2/c1-27(28,29)17-34-26-31-22-15-32(13-11-23(22)36-26)12-10-18-6-8-19(9-7-18)14-30-25(33)24-21-5-3-2-4-20(21)16-35-24/h14,16,18-19H,2-13,15,17H2,1H3. The first kappa shape index (κ1) is 25.9. The minimum Gasteiger partial charge on any atom is -0.464 e. The third-order valence-electron chi connectivity index (χ3n) is 7.68. The van der Waals surface area contributed by atoms with Gasteiger partial charge in [0.1, 0.15) is 0 Å². The third-order valence-corrected chi connectivity index (χ3v) is 9.81. The van der Waals surface area contributed by atoms with Crippen molar-refractivity contribution in [2.45, 2.75) is 83.6 Å². The van der Waals surface area contributed by atoms with E-state index < -0.39 is 12.5 Å². The van der Waals surface area contributed by atoms with E-state index in [2.05, 4.69) is 20.3 Å². The number of aryl methyl sites for hydroxylation is 1. The van der Waals surface area contributed by atoms with Crippen molar-refractivity contribution in [3.8, 4) is 5.19 Å². The summed E-state index contributed by atoms with van der Waals surface area (Å²) in [6.07, 6.45) is 13.1. The fourth-order valence-electron chi connectivity index (χ4n) is 5.59. The number of carbonyl (C=O) groups is 1. The van der Waals surface area contributed by atoms with Crippen molar-refractivity contribution < 1.29 is 18.3 Å². The highest BCUT2D eigenvalue weighted by Gasteiger charge is 2.27. The molecule has 2 aromatic heterocycles. The largest absolute Gasteiger partial charge is 0.464 e. The van der Waals surface area contributed by atoms with Gasteiger partial charge in [-0.25, -0.2) is 18.8 Å². The van der Waals surface area contributed by atoms with Gasteiger partial charge in [-0.3, -0.25) is 9.69 Å². The first-order valence-electron chi connectivity index (χ1n) is 13.2. The molecule has 0 saturated heterocycles. The molecule has 196 valence electrons. The number of halogens is 2. The SMILES string of the molecule is CC(F)(F)COc1nc2c(s1)CCN(CCC1CCC(C=NC(=O)c3scc4c3CCCC4)CC1)C2. The van der Waals surface area contributed by atoms with Gasteiger partial charge in [0, 0.05) is 31.1 Å². The van der Waals surface area contributed by atoms with Gasteiger partial charge in [0.05, 0.1) is 10.6 Å². The summed E-state index contributed by atoms with van der Waals surface area (Å²) in [6, 6.07) is 0. The van der Waals surface area contributed by atoms with Crippen LogP contribution in [0.1, 0.15) is 83.2 Å². The van der Waals surface area contributed by atoms with Crippen LogP contribution in [-0.4, -0.2) is 47.6 Å².